The van der Waals surface area contributed by atoms with Crippen LogP contribution in [-0.4, -0.2) is 61.6 Å². The molecule has 0 radical (unpaired) electrons. The van der Waals surface area contributed by atoms with E-state index in [1.54, 1.807) is 0 Å². The Morgan fingerprint density at radius 2 is 1.85 bits per heavy atom. The summed E-state index contributed by atoms with van der Waals surface area (Å²) in [4.78, 5) is 4.44. The Morgan fingerprint density at radius 3 is 2.38 bits per heavy atom. The summed E-state index contributed by atoms with van der Waals surface area (Å²) in [7, 11) is 0. The van der Waals surface area contributed by atoms with Crippen molar-refractivity contribution in [2.75, 3.05) is 45.9 Å². The Hall–Kier alpha value is -0.610. The van der Waals surface area contributed by atoms with Crippen molar-refractivity contribution in [2.45, 2.75) is 6.42 Å². The van der Waals surface area contributed by atoms with Gasteiger partial charge in [0.1, 0.15) is 5.84 Å². The van der Waals surface area contributed by atoms with Crippen molar-refractivity contribution in [1.29, 1.82) is 5.41 Å². The van der Waals surface area contributed by atoms with Crippen molar-refractivity contribution in [2.24, 2.45) is 0 Å². The van der Waals surface area contributed by atoms with E-state index in [2.05, 4.69) is 9.80 Å². The lowest BCUT2D eigenvalue weighted by atomic mass is 10.2. The van der Waals surface area contributed by atoms with E-state index in [-0.39, 0.29) is 0 Å². The third-order valence-electron chi connectivity index (χ3n) is 2.71. The summed E-state index contributed by atoms with van der Waals surface area (Å²) >= 11 is 0. The molecule has 0 saturated carbocycles. The molecule has 4 heteroatoms. The predicted molar refractivity (Wildman–Crippen MR) is 51.2 cm³/mol. The fraction of sp³-hybridized carbons (Fsp3) is 0.889. The summed E-state index contributed by atoms with van der Waals surface area (Å²) in [5, 5.41) is 7.88. The first kappa shape index (κ1) is 8.97. The lowest BCUT2D eigenvalue weighted by Gasteiger charge is -2.35. The number of likely N-dealkylation sites (tertiary alicyclic amines) is 1. The van der Waals surface area contributed by atoms with E-state index >= 15 is 0 Å². The van der Waals surface area contributed by atoms with E-state index in [0.29, 0.717) is 0 Å². The lowest BCUT2D eigenvalue weighted by molar-refractivity contribution is 0.0648. The third-order valence-corrected chi connectivity index (χ3v) is 2.71. The zero-order valence-electron chi connectivity index (χ0n) is 7.96. The van der Waals surface area contributed by atoms with E-state index in [0.717, 1.165) is 38.7 Å². The first-order valence-corrected chi connectivity index (χ1v) is 4.99. The molecule has 0 aromatic carbocycles. The highest BCUT2D eigenvalue weighted by atomic mass is 16.5. The summed E-state index contributed by atoms with van der Waals surface area (Å²) in [6.07, 6.45) is 1.30. The van der Waals surface area contributed by atoms with Gasteiger partial charge in [0.15, 0.2) is 0 Å². The van der Waals surface area contributed by atoms with Crippen molar-refractivity contribution in [3.8, 4) is 0 Å². The van der Waals surface area contributed by atoms with Crippen LogP contribution in [-0.2, 0) is 4.74 Å². The molecule has 0 amide bonds. The number of rotatable bonds is 2. The molecule has 2 heterocycles. The normalized spacial score (nSPS) is 24.2. The van der Waals surface area contributed by atoms with Gasteiger partial charge in [0.05, 0.1) is 19.8 Å². The predicted octanol–water partition coefficient (Wildman–Crippen LogP) is 0.00157. The molecule has 0 bridgehead atoms. The second-order valence-electron chi connectivity index (χ2n) is 3.68. The zero-order chi connectivity index (χ0) is 9.10. The quantitative estimate of drug-likeness (QED) is 0.484. The third kappa shape index (κ3) is 2.19. The summed E-state index contributed by atoms with van der Waals surface area (Å²) < 4.78 is 5.24. The average molecular weight is 183 g/mol. The molecule has 13 heavy (non-hydrogen) atoms. The highest BCUT2D eigenvalue weighted by molar-refractivity contribution is 5.81. The van der Waals surface area contributed by atoms with E-state index < -0.39 is 0 Å². The Balaban J connectivity index is 1.74. The maximum Gasteiger partial charge on any atom is 0.110 e. The number of amidine groups is 1. The van der Waals surface area contributed by atoms with Gasteiger partial charge in [0.25, 0.3) is 0 Å². The second-order valence-corrected chi connectivity index (χ2v) is 3.68. The summed E-state index contributed by atoms with van der Waals surface area (Å²) in [5.41, 5.74) is 0. The Morgan fingerprint density at radius 1 is 1.15 bits per heavy atom. The number of hydrogen-bond donors (Lipinski definition) is 1. The van der Waals surface area contributed by atoms with Gasteiger partial charge < -0.3 is 9.64 Å². The van der Waals surface area contributed by atoms with Crippen LogP contribution < -0.4 is 0 Å². The summed E-state index contributed by atoms with van der Waals surface area (Å²) in [6.45, 7) is 6.53. The van der Waals surface area contributed by atoms with Crippen LogP contribution >= 0.6 is 0 Å². The minimum absolute atomic E-state index is 0.767. The number of hydrogen-bond acceptors (Lipinski definition) is 3. The van der Waals surface area contributed by atoms with Crippen LogP contribution in [0.15, 0.2) is 0 Å². The molecule has 74 valence electrons. The van der Waals surface area contributed by atoms with E-state index in [4.69, 9.17) is 10.1 Å². The first-order valence-electron chi connectivity index (χ1n) is 4.99. The fourth-order valence-electron chi connectivity index (χ4n) is 1.68. The van der Waals surface area contributed by atoms with Crippen LogP contribution in [0.3, 0.4) is 0 Å². The minimum Gasteiger partial charge on any atom is -0.378 e. The van der Waals surface area contributed by atoms with Crippen LogP contribution in [0.25, 0.3) is 0 Å². The van der Waals surface area contributed by atoms with Gasteiger partial charge in [-0.25, -0.2) is 0 Å². The standard InChI is InChI=1S/C9H17N3O/c10-9(8-11-2-1-3-11)12-4-6-13-7-5-12/h10H,1-8H2. The largest absolute Gasteiger partial charge is 0.378 e. The summed E-state index contributed by atoms with van der Waals surface area (Å²) in [5.74, 6) is 0.767. The maximum atomic E-state index is 7.88. The van der Waals surface area contributed by atoms with Crippen molar-refractivity contribution < 1.29 is 4.74 Å². The molecule has 2 rings (SSSR count). The van der Waals surface area contributed by atoms with Gasteiger partial charge in [-0.1, -0.05) is 0 Å². The van der Waals surface area contributed by atoms with Gasteiger partial charge in [-0.2, -0.15) is 0 Å². The Kier molecular flexibility index (Phi) is 2.80. The van der Waals surface area contributed by atoms with Crippen LogP contribution in [0.5, 0.6) is 0 Å². The van der Waals surface area contributed by atoms with Crippen LogP contribution in [0.1, 0.15) is 6.42 Å². The molecule has 4 nitrogen and oxygen atoms in total. The van der Waals surface area contributed by atoms with Gasteiger partial charge in [-0.15, -0.1) is 0 Å². The van der Waals surface area contributed by atoms with Gasteiger partial charge in [-0.05, 0) is 19.5 Å². The van der Waals surface area contributed by atoms with Crippen LogP contribution in [0.4, 0.5) is 0 Å². The smallest absolute Gasteiger partial charge is 0.110 e. The minimum atomic E-state index is 0.767. The highest BCUT2D eigenvalue weighted by Gasteiger charge is 2.19. The Bertz CT molecular complexity index is 185. The highest BCUT2D eigenvalue weighted by Crippen LogP contribution is 2.06. The van der Waals surface area contributed by atoms with Gasteiger partial charge in [-0.3, -0.25) is 10.3 Å². The molecule has 2 fully saturated rings. The van der Waals surface area contributed by atoms with Gasteiger partial charge >= 0.3 is 0 Å². The SMILES string of the molecule is N=C(CN1CCC1)N1CCOCC1. The maximum absolute atomic E-state index is 7.88. The molecule has 0 unspecified atom stereocenters. The molecular weight excluding hydrogens is 166 g/mol. The van der Waals surface area contributed by atoms with Gasteiger partial charge in [0.2, 0.25) is 0 Å². The number of nitrogens with zero attached hydrogens (tertiary/aromatic N) is 2. The van der Waals surface area contributed by atoms with Crippen molar-refractivity contribution in [1.82, 2.24) is 9.80 Å². The molecule has 2 saturated heterocycles. The molecule has 2 aliphatic rings. The molecule has 0 spiro atoms. The molecule has 0 aliphatic carbocycles. The lowest BCUT2D eigenvalue weighted by Crippen LogP contribution is -2.48. The number of ether oxygens (including phenoxy) is 1. The van der Waals surface area contributed by atoms with Crippen molar-refractivity contribution in [3.05, 3.63) is 0 Å². The molecule has 1 N–H and O–H groups in total. The number of nitrogens with one attached hydrogen (secondary N) is 1. The van der Waals surface area contributed by atoms with Crippen molar-refractivity contribution >= 4 is 5.84 Å². The molecule has 0 aromatic rings. The second kappa shape index (κ2) is 4.07. The van der Waals surface area contributed by atoms with E-state index in [9.17, 15) is 0 Å². The van der Waals surface area contributed by atoms with Crippen LogP contribution in [0.2, 0.25) is 0 Å². The number of morpholine rings is 1. The average Bonchev–Trinajstić information content (AvgIpc) is 2.12. The first-order chi connectivity index (χ1) is 6.36. The monoisotopic (exact) mass is 183 g/mol. The van der Waals surface area contributed by atoms with E-state index in [1.807, 2.05) is 0 Å². The van der Waals surface area contributed by atoms with Gasteiger partial charge in [0, 0.05) is 13.1 Å². The summed E-state index contributed by atoms with van der Waals surface area (Å²) in [6, 6.07) is 0. The van der Waals surface area contributed by atoms with E-state index in [1.165, 1.54) is 19.5 Å². The zero-order valence-corrected chi connectivity index (χ0v) is 7.96. The Labute approximate surface area is 79.0 Å². The fourth-order valence-corrected chi connectivity index (χ4v) is 1.68. The topological polar surface area (TPSA) is 39.6 Å². The molecule has 0 aromatic heterocycles. The molecule has 0 atom stereocenters. The van der Waals surface area contributed by atoms with Crippen molar-refractivity contribution in [3.63, 3.8) is 0 Å². The molecular formula is C9H17N3O. The molecule has 2 aliphatic heterocycles. The van der Waals surface area contributed by atoms with Crippen LogP contribution in [0, 0.1) is 5.41 Å².